The topological polar surface area (TPSA) is 71.6 Å². The fourth-order valence-corrected chi connectivity index (χ4v) is 4.48. The van der Waals surface area contributed by atoms with Crippen LogP contribution in [-0.4, -0.2) is 42.6 Å². The highest BCUT2D eigenvalue weighted by Gasteiger charge is 2.46. The molecule has 2 aliphatic heterocycles. The van der Waals surface area contributed by atoms with Crippen LogP contribution in [0.25, 0.3) is 10.9 Å². The quantitative estimate of drug-likeness (QED) is 0.652. The van der Waals surface area contributed by atoms with Crippen LogP contribution in [-0.2, 0) is 31.0 Å². The van der Waals surface area contributed by atoms with E-state index in [2.05, 4.69) is 33.0 Å². The Morgan fingerprint density at radius 2 is 2.04 bits per heavy atom. The Bertz CT molecular complexity index is 988. The van der Waals surface area contributed by atoms with E-state index in [-0.39, 0.29) is 18.4 Å². The number of carbonyl (C=O) groups excluding carboxylic acids is 2. The van der Waals surface area contributed by atoms with Gasteiger partial charge in [0.15, 0.2) is 0 Å². The summed E-state index contributed by atoms with van der Waals surface area (Å²) in [4.78, 5) is 29.6. The molecule has 0 fully saturated rings. The Morgan fingerprint density at radius 1 is 1.21 bits per heavy atom. The van der Waals surface area contributed by atoms with Gasteiger partial charge in [-0.05, 0) is 36.5 Å². The molecule has 0 aliphatic carbocycles. The van der Waals surface area contributed by atoms with Crippen LogP contribution in [0.3, 0.4) is 0 Å². The van der Waals surface area contributed by atoms with Crippen molar-refractivity contribution in [2.75, 3.05) is 20.8 Å². The molecular formula is C22H24N2O4. The minimum Gasteiger partial charge on any atom is -0.469 e. The third-order valence-corrected chi connectivity index (χ3v) is 5.88. The number of H-pyrrole nitrogens is 1. The van der Waals surface area contributed by atoms with Crippen molar-refractivity contribution in [1.29, 1.82) is 0 Å². The number of esters is 2. The van der Waals surface area contributed by atoms with Crippen molar-refractivity contribution in [3.05, 3.63) is 59.4 Å². The number of aromatic nitrogens is 1. The number of allylic oxidation sites excluding steroid dienone is 2. The van der Waals surface area contributed by atoms with Gasteiger partial charge in [-0.2, -0.15) is 0 Å². The van der Waals surface area contributed by atoms with Crippen molar-refractivity contribution in [2.24, 2.45) is 0 Å². The molecule has 6 heteroatoms. The van der Waals surface area contributed by atoms with Gasteiger partial charge in [-0.3, -0.25) is 4.79 Å². The molecule has 1 N–H and O–H groups in total. The van der Waals surface area contributed by atoms with E-state index in [1.165, 1.54) is 31.2 Å². The number of para-hydroxylation sites is 1. The second-order valence-corrected chi connectivity index (χ2v) is 7.31. The molecule has 2 aromatic rings. The number of methoxy groups -OCH3 is 2. The predicted octanol–water partition coefficient (Wildman–Crippen LogP) is 3.19. The zero-order valence-corrected chi connectivity index (χ0v) is 16.2. The van der Waals surface area contributed by atoms with Gasteiger partial charge < -0.3 is 19.4 Å². The van der Waals surface area contributed by atoms with E-state index >= 15 is 0 Å². The first-order valence-electron chi connectivity index (χ1n) is 9.48. The first-order chi connectivity index (χ1) is 13.6. The largest absolute Gasteiger partial charge is 0.469 e. The number of carbonyl (C=O) groups is 2. The number of fused-ring (bicyclic) bond motifs is 5. The molecule has 28 heavy (non-hydrogen) atoms. The standard InChI is InChI=1S/C22H24N2O4/c1-27-19(25)8-7-15-9-11-22(13-20(26)28-2)21-17(10-12-24(22)14-15)16-5-3-4-6-18(16)23-21/h3-8,14,23H,9-13H2,1-2H3/b8-7+. The molecule has 6 nitrogen and oxygen atoms in total. The Kier molecular flexibility index (Phi) is 4.71. The van der Waals surface area contributed by atoms with Crippen molar-refractivity contribution in [3.8, 4) is 0 Å². The molecule has 1 atom stereocenters. The Morgan fingerprint density at radius 3 is 2.82 bits per heavy atom. The number of ether oxygens (including phenoxy) is 2. The number of benzene rings is 1. The zero-order chi connectivity index (χ0) is 19.7. The highest BCUT2D eigenvalue weighted by Crippen LogP contribution is 2.47. The van der Waals surface area contributed by atoms with Gasteiger partial charge in [0, 0.05) is 35.4 Å². The monoisotopic (exact) mass is 380 g/mol. The average molecular weight is 380 g/mol. The molecule has 2 aliphatic rings. The summed E-state index contributed by atoms with van der Waals surface area (Å²) in [5.41, 5.74) is 4.09. The van der Waals surface area contributed by atoms with Crippen LogP contribution in [0.2, 0.25) is 0 Å². The Labute approximate surface area is 163 Å². The maximum atomic E-state index is 12.3. The summed E-state index contributed by atoms with van der Waals surface area (Å²) in [5.74, 6) is -0.595. The van der Waals surface area contributed by atoms with Crippen molar-refractivity contribution in [2.45, 2.75) is 31.2 Å². The van der Waals surface area contributed by atoms with Gasteiger partial charge in [0.1, 0.15) is 0 Å². The van der Waals surface area contributed by atoms with E-state index in [1.54, 1.807) is 6.08 Å². The van der Waals surface area contributed by atoms with E-state index in [9.17, 15) is 9.59 Å². The third kappa shape index (κ3) is 2.99. The van der Waals surface area contributed by atoms with E-state index in [0.29, 0.717) is 0 Å². The molecule has 1 aromatic carbocycles. The summed E-state index contributed by atoms with van der Waals surface area (Å²) in [6, 6.07) is 8.28. The van der Waals surface area contributed by atoms with Crippen LogP contribution in [0, 0.1) is 0 Å². The maximum absolute atomic E-state index is 12.3. The number of hydrogen-bond donors (Lipinski definition) is 1. The minimum absolute atomic E-state index is 0.224. The summed E-state index contributed by atoms with van der Waals surface area (Å²) >= 11 is 0. The van der Waals surface area contributed by atoms with Crippen molar-refractivity contribution in [3.63, 3.8) is 0 Å². The molecule has 0 spiro atoms. The van der Waals surface area contributed by atoms with Gasteiger partial charge in [0.25, 0.3) is 0 Å². The van der Waals surface area contributed by atoms with E-state index in [0.717, 1.165) is 42.6 Å². The fraction of sp³-hybridized carbons (Fsp3) is 0.364. The molecule has 0 amide bonds. The minimum atomic E-state index is -0.456. The van der Waals surface area contributed by atoms with Crippen LogP contribution in [0.5, 0.6) is 0 Å². The number of nitrogens with one attached hydrogen (secondary N) is 1. The van der Waals surface area contributed by atoms with Crippen molar-refractivity contribution < 1.29 is 19.1 Å². The summed E-state index contributed by atoms with van der Waals surface area (Å²) in [5, 5.41) is 1.22. The van der Waals surface area contributed by atoms with Crippen LogP contribution < -0.4 is 0 Å². The van der Waals surface area contributed by atoms with Gasteiger partial charge in [-0.25, -0.2) is 4.79 Å². The number of aromatic amines is 1. The first kappa shape index (κ1) is 18.3. The zero-order valence-electron chi connectivity index (χ0n) is 16.2. The molecule has 0 bridgehead atoms. The fourth-order valence-electron chi connectivity index (χ4n) is 4.48. The van der Waals surface area contributed by atoms with Gasteiger partial charge in [0.05, 0.1) is 26.2 Å². The molecule has 146 valence electrons. The number of hydrogen-bond acceptors (Lipinski definition) is 5. The highest BCUT2D eigenvalue weighted by molar-refractivity contribution is 5.86. The van der Waals surface area contributed by atoms with E-state index < -0.39 is 5.54 Å². The van der Waals surface area contributed by atoms with Gasteiger partial charge in [0.2, 0.25) is 0 Å². The molecule has 1 aromatic heterocycles. The molecule has 3 heterocycles. The summed E-state index contributed by atoms with van der Waals surface area (Å²) in [6.07, 6.45) is 8.02. The predicted molar refractivity (Wildman–Crippen MR) is 105 cm³/mol. The lowest BCUT2D eigenvalue weighted by atomic mass is 9.76. The van der Waals surface area contributed by atoms with Gasteiger partial charge in [-0.15, -0.1) is 0 Å². The smallest absolute Gasteiger partial charge is 0.330 e. The van der Waals surface area contributed by atoms with Crippen molar-refractivity contribution in [1.82, 2.24) is 9.88 Å². The lowest BCUT2D eigenvalue weighted by Gasteiger charge is -2.49. The van der Waals surface area contributed by atoms with Crippen LogP contribution in [0.15, 0.2) is 48.2 Å². The molecule has 0 saturated carbocycles. The molecule has 4 rings (SSSR count). The van der Waals surface area contributed by atoms with E-state index in [4.69, 9.17) is 4.74 Å². The van der Waals surface area contributed by atoms with Crippen molar-refractivity contribution >= 4 is 22.8 Å². The highest BCUT2D eigenvalue weighted by atomic mass is 16.5. The van der Waals surface area contributed by atoms with Crippen LogP contribution in [0.1, 0.15) is 30.5 Å². The SMILES string of the molecule is COC(=O)/C=C/C1=CN2CCc3c([nH]c4ccccc34)C2(CC(=O)OC)CC1. The summed E-state index contributed by atoms with van der Waals surface area (Å²) in [7, 11) is 2.80. The second-order valence-electron chi connectivity index (χ2n) is 7.31. The number of rotatable bonds is 4. The average Bonchev–Trinajstić information content (AvgIpc) is 3.11. The van der Waals surface area contributed by atoms with Gasteiger partial charge in [-0.1, -0.05) is 24.3 Å². The van der Waals surface area contributed by atoms with Gasteiger partial charge >= 0.3 is 11.9 Å². The molecule has 0 saturated heterocycles. The number of nitrogens with zero attached hydrogens (tertiary/aromatic N) is 1. The Balaban J connectivity index is 1.78. The molecular weight excluding hydrogens is 356 g/mol. The van der Waals surface area contributed by atoms with Crippen LogP contribution in [0.4, 0.5) is 0 Å². The van der Waals surface area contributed by atoms with Crippen LogP contribution >= 0.6 is 0 Å². The lowest BCUT2D eigenvalue weighted by Crippen LogP contribution is -2.51. The third-order valence-electron chi connectivity index (χ3n) is 5.88. The first-order valence-corrected chi connectivity index (χ1v) is 9.48. The maximum Gasteiger partial charge on any atom is 0.330 e. The second kappa shape index (κ2) is 7.19. The molecule has 0 radical (unpaired) electrons. The summed E-state index contributed by atoms with van der Waals surface area (Å²) < 4.78 is 9.71. The van der Waals surface area contributed by atoms with E-state index in [1.807, 2.05) is 12.1 Å². The summed E-state index contributed by atoms with van der Waals surface area (Å²) in [6.45, 7) is 0.807. The molecule has 1 unspecified atom stereocenters. The lowest BCUT2D eigenvalue weighted by molar-refractivity contribution is -0.144. The Hall–Kier alpha value is -3.02. The normalized spacial score (nSPS) is 21.2.